The normalized spacial score (nSPS) is 18.2. The number of carbonyl (C=O) groups is 1. The summed E-state index contributed by atoms with van der Waals surface area (Å²) in [5.41, 5.74) is 3.00. The van der Waals surface area contributed by atoms with Gasteiger partial charge in [-0.25, -0.2) is 4.39 Å². The van der Waals surface area contributed by atoms with Gasteiger partial charge in [-0.3, -0.25) is 9.78 Å². The van der Waals surface area contributed by atoms with E-state index in [-0.39, 0.29) is 17.7 Å². The van der Waals surface area contributed by atoms with Crippen molar-refractivity contribution in [1.82, 2.24) is 9.88 Å². The van der Waals surface area contributed by atoms with E-state index < -0.39 is 0 Å². The van der Waals surface area contributed by atoms with Crippen LogP contribution in [0, 0.1) is 11.7 Å². The number of rotatable bonds is 7. The van der Waals surface area contributed by atoms with E-state index in [2.05, 4.69) is 9.88 Å². The summed E-state index contributed by atoms with van der Waals surface area (Å²) in [5, 5.41) is 0.911. The molecule has 1 atom stereocenters. The van der Waals surface area contributed by atoms with Crippen LogP contribution < -0.4 is 0 Å². The molecule has 3 aromatic rings. The maximum absolute atomic E-state index is 14.7. The Balaban J connectivity index is 1.33. The Bertz CT molecular complexity index is 1120. The second-order valence-electron chi connectivity index (χ2n) is 9.03. The zero-order valence-electron chi connectivity index (χ0n) is 18.3. The molecule has 5 rings (SSSR count). The van der Waals surface area contributed by atoms with Gasteiger partial charge in [0.2, 0.25) is 0 Å². The lowest BCUT2D eigenvalue weighted by Gasteiger charge is -2.26. The van der Waals surface area contributed by atoms with Crippen molar-refractivity contribution < 1.29 is 13.6 Å². The molecule has 1 unspecified atom stereocenters. The Morgan fingerprint density at radius 2 is 2.03 bits per heavy atom. The molecule has 4 nitrogen and oxygen atoms in total. The molecule has 0 saturated heterocycles. The number of aromatic nitrogens is 1. The van der Waals surface area contributed by atoms with Crippen LogP contribution in [0.1, 0.15) is 62.1 Å². The summed E-state index contributed by atoms with van der Waals surface area (Å²) < 4.78 is 20.2. The van der Waals surface area contributed by atoms with Crippen LogP contribution in [0.5, 0.6) is 0 Å². The number of halogens is 1. The summed E-state index contributed by atoms with van der Waals surface area (Å²) in [6, 6.07) is 11.0. The molecule has 0 radical (unpaired) electrons. The maximum Gasteiger partial charge on any atom is 0.145 e. The summed E-state index contributed by atoms with van der Waals surface area (Å²) in [6.07, 6.45) is 12.4. The number of hydrogen-bond acceptors (Lipinski definition) is 4. The van der Waals surface area contributed by atoms with Crippen molar-refractivity contribution >= 4 is 22.3 Å². The molecule has 1 fully saturated rings. The summed E-state index contributed by atoms with van der Waals surface area (Å²) >= 11 is 0. The number of nitrogens with zero attached hydrogens (tertiary/aromatic N) is 2. The first-order valence-corrected chi connectivity index (χ1v) is 11.8. The Hall–Kier alpha value is -2.95. The highest BCUT2D eigenvalue weighted by molar-refractivity contribution is 5.90. The van der Waals surface area contributed by atoms with Gasteiger partial charge in [0, 0.05) is 36.8 Å². The minimum Gasteiger partial charge on any atom is -0.464 e. The molecule has 1 aliphatic heterocycles. The minimum atomic E-state index is -0.251. The predicted molar refractivity (Wildman–Crippen MR) is 124 cm³/mol. The van der Waals surface area contributed by atoms with Crippen LogP contribution in [0.4, 0.5) is 4.39 Å². The van der Waals surface area contributed by atoms with Crippen molar-refractivity contribution in [3.8, 4) is 0 Å². The van der Waals surface area contributed by atoms with Crippen LogP contribution in [0.3, 0.4) is 0 Å². The first-order valence-electron chi connectivity index (χ1n) is 11.8. The van der Waals surface area contributed by atoms with Crippen molar-refractivity contribution in [2.24, 2.45) is 5.92 Å². The highest BCUT2D eigenvalue weighted by Crippen LogP contribution is 2.35. The van der Waals surface area contributed by atoms with Gasteiger partial charge in [0.25, 0.3) is 0 Å². The average molecular weight is 433 g/mol. The highest BCUT2D eigenvalue weighted by Gasteiger charge is 2.30. The monoisotopic (exact) mass is 432 g/mol. The summed E-state index contributed by atoms with van der Waals surface area (Å²) in [4.78, 5) is 20.1. The lowest BCUT2D eigenvalue weighted by molar-refractivity contribution is -0.125. The third-order valence-corrected chi connectivity index (χ3v) is 7.00. The summed E-state index contributed by atoms with van der Waals surface area (Å²) in [6.45, 7) is 1.57. The first kappa shape index (κ1) is 20.9. The summed E-state index contributed by atoms with van der Waals surface area (Å²) in [7, 11) is 0. The fraction of sp³-hybridized carbons (Fsp3) is 0.407. The lowest BCUT2D eigenvalue weighted by atomic mass is 9.79. The molecule has 166 valence electrons. The number of hydrogen-bond donors (Lipinski definition) is 0. The minimum absolute atomic E-state index is 0.158. The zero-order chi connectivity index (χ0) is 21.9. The van der Waals surface area contributed by atoms with Crippen LogP contribution in [-0.2, 0) is 4.79 Å². The molecule has 32 heavy (non-hydrogen) atoms. The fourth-order valence-electron chi connectivity index (χ4n) is 5.27. The van der Waals surface area contributed by atoms with Gasteiger partial charge in [-0.2, -0.15) is 0 Å². The van der Waals surface area contributed by atoms with Crippen molar-refractivity contribution in [1.29, 1.82) is 0 Å². The van der Waals surface area contributed by atoms with E-state index in [1.54, 1.807) is 18.5 Å². The van der Waals surface area contributed by atoms with E-state index in [0.717, 1.165) is 68.3 Å². The molecule has 5 heteroatoms. The molecule has 3 heterocycles. The molecule has 0 spiro atoms. The lowest BCUT2D eigenvalue weighted by Crippen LogP contribution is -2.28. The number of carbonyl (C=O) groups excluding carboxylic acids is 1. The SMILES string of the molecule is O=C(C1CCCCC1)C(CCN1C=C(c2c(F)ccc3ccoc23)CC1)c1ccccn1. The third-order valence-electron chi connectivity index (χ3n) is 7.00. The second kappa shape index (κ2) is 9.27. The van der Waals surface area contributed by atoms with E-state index in [0.29, 0.717) is 16.9 Å². The number of fused-ring (bicyclic) bond motifs is 1. The van der Waals surface area contributed by atoms with E-state index in [1.165, 1.54) is 12.5 Å². The molecule has 0 bridgehead atoms. The molecular formula is C27H29FN2O2. The van der Waals surface area contributed by atoms with Gasteiger partial charge in [0.1, 0.15) is 17.2 Å². The van der Waals surface area contributed by atoms with Crippen LogP contribution in [0.25, 0.3) is 16.5 Å². The number of ketones is 1. The third kappa shape index (κ3) is 4.21. The van der Waals surface area contributed by atoms with Crippen LogP contribution in [-0.4, -0.2) is 28.8 Å². The molecule has 0 amide bonds. The van der Waals surface area contributed by atoms with Crippen molar-refractivity contribution in [3.05, 3.63) is 72.1 Å². The van der Waals surface area contributed by atoms with E-state index in [1.807, 2.05) is 30.5 Å². The van der Waals surface area contributed by atoms with Crippen molar-refractivity contribution in [3.63, 3.8) is 0 Å². The number of furan rings is 1. The number of benzene rings is 1. The molecule has 1 saturated carbocycles. The van der Waals surface area contributed by atoms with Gasteiger partial charge >= 0.3 is 0 Å². The van der Waals surface area contributed by atoms with E-state index in [4.69, 9.17) is 4.42 Å². The standard InChI is InChI=1S/C27H29FN2O2/c28-23-10-9-20-13-17-32-27(20)25(23)21-11-15-30(18-21)16-12-22(24-8-4-5-14-29-24)26(31)19-6-2-1-3-7-19/h4-5,8-10,13-14,17-19,22H,1-3,6-7,11-12,15-16H2. The molecular weight excluding hydrogens is 403 g/mol. The largest absolute Gasteiger partial charge is 0.464 e. The van der Waals surface area contributed by atoms with Gasteiger partial charge in [-0.15, -0.1) is 0 Å². The average Bonchev–Trinajstić information content (AvgIpc) is 3.50. The summed E-state index contributed by atoms with van der Waals surface area (Å²) in [5.74, 6) is 0.0747. The van der Waals surface area contributed by atoms with E-state index in [9.17, 15) is 9.18 Å². The van der Waals surface area contributed by atoms with Crippen molar-refractivity contribution in [2.45, 2.75) is 50.9 Å². The first-order chi connectivity index (χ1) is 15.7. The van der Waals surface area contributed by atoms with Crippen LogP contribution in [0.2, 0.25) is 0 Å². The second-order valence-corrected chi connectivity index (χ2v) is 9.03. The fourth-order valence-corrected chi connectivity index (χ4v) is 5.27. The smallest absolute Gasteiger partial charge is 0.145 e. The topological polar surface area (TPSA) is 46.3 Å². The van der Waals surface area contributed by atoms with Gasteiger partial charge in [0.15, 0.2) is 0 Å². The van der Waals surface area contributed by atoms with Gasteiger partial charge in [-0.05, 0) is 61.6 Å². The number of pyridine rings is 1. The molecule has 2 aromatic heterocycles. The molecule has 1 aliphatic carbocycles. The number of Topliss-reactive ketones (excluding diaryl/α,β-unsaturated/α-hetero) is 1. The van der Waals surface area contributed by atoms with Crippen LogP contribution in [0.15, 0.2) is 59.5 Å². The predicted octanol–water partition coefficient (Wildman–Crippen LogP) is 6.34. The van der Waals surface area contributed by atoms with Gasteiger partial charge < -0.3 is 9.32 Å². The van der Waals surface area contributed by atoms with Gasteiger partial charge in [-0.1, -0.05) is 25.3 Å². The maximum atomic E-state index is 14.7. The Labute approximate surface area is 188 Å². The Morgan fingerprint density at radius 3 is 2.84 bits per heavy atom. The van der Waals surface area contributed by atoms with Gasteiger partial charge in [0.05, 0.1) is 23.4 Å². The van der Waals surface area contributed by atoms with Crippen molar-refractivity contribution in [2.75, 3.05) is 13.1 Å². The molecule has 2 aliphatic rings. The zero-order valence-corrected chi connectivity index (χ0v) is 18.3. The quantitative estimate of drug-likeness (QED) is 0.437. The molecule has 0 N–H and O–H groups in total. The van der Waals surface area contributed by atoms with Crippen LogP contribution >= 0.6 is 0 Å². The highest BCUT2D eigenvalue weighted by atomic mass is 19.1. The Kier molecular flexibility index (Phi) is 6.06. The molecule has 1 aromatic carbocycles. The Morgan fingerprint density at radius 1 is 1.16 bits per heavy atom. The van der Waals surface area contributed by atoms with E-state index >= 15 is 0 Å².